The molecule has 1 aromatic carbocycles. The predicted octanol–water partition coefficient (Wildman–Crippen LogP) is 3.25. The molecule has 0 fully saturated rings. The highest BCUT2D eigenvalue weighted by Gasteiger charge is 2.21. The number of halogens is 1. The molecule has 2 N–H and O–H groups in total. The van der Waals surface area contributed by atoms with Gasteiger partial charge in [0.15, 0.2) is 0 Å². The second kappa shape index (κ2) is 6.86. The molecule has 3 heteroatoms. The van der Waals surface area contributed by atoms with Gasteiger partial charge in [0, 0.05) is 18.6 Å². The Labute approximate surface area is 110 Å². The van der Waals surface area contributed by atoms with Crippen LogP contribution in [0.25, 0.3) is 0 Å². The second-order valence-corrected chi connectivity index (χ2v) is 4.85. The number of benzene rings is 1. The van der Waals surface area contributed by atoms with E-state index >= 15 is 0 Å². The van der Waals surface area contributed by atoms with Gasteiger partial charge < -0.3 is 5.73 Å². The first-order valence-corrected chi connectivity index (χ1v) is 6.76. The summed E-state index contributed by atoms with van der Waals surface area (Å²) in [5, 5.41) is 0. The fourth-order valence-corrected chi connectivity index (χ4v) is 2.41. The average Bonchev–Trinajstić information content (AvgIpc) is 2.38. The Balaban J connectivity index is 3.03. The molecule has 1 rings (SSSR count). The van der Waals surface area contributed by atoms with Gasteiger partial charge in [0.2, 0.25) is 0 Å². The fraction of sp³-hybridized carbons (Fsp3) is 0.600. The molecule has 0 aromatic heterocycles. The van der Waals surface area contributed by atoms with Gasteiger partial charge in [-0.1, -0.05) is 26.0 Å². The highest BCUT2D eigenvalue weighted by Crippen LogP contribution is 2.24. The van der Waals surface area contributed by atoms with E-state index in [2.05, 4.69) is 25.7 Å². The van der Waals surface area contributed by atoms with Crippen molar-refractivity contribution in [2.45, 2.75) is 46.2 Å². The second-order valence-electron chi connectivity index (χ2n) is 4.85. The van der Waals surface area contributed by atoms with Crippen molar-refractivity contribution in [2.75, 3.05) is 13.1 Å². The highest BCUT2D eigenvalue weighted by molar-refractivity contribution is 5.27. The van der Waals surface area contributed by atoms with E-state index in [1.54, 1.807) is 6.92 Å². The quantitative estimate of drug-likeness (QED) is 0.842. The summed E-state index contributed by atoms with van der Waals surface area (Å²) < 4.78 is 13.3. The molecular weight excluding hydrogens is 227 g/mol. The molecule has 0 aliphatic carbocycles. The average molecular weight is 252 g/mol. The van der Waals surface area contributed by atoms with Crippen molar-refractivity contribution < 1.29 is 4.39 Å². The standard InChI is InChI=1S/C15H25FN2/c1-5-12(4)18(6-2)15(10-17)13-7-8-14(16)11(3)9-13/h7-9,12,15H,5-6,10,17H2,1-4H3. The van der Waals surface area contributed by atoms with Crippen molar-refractivity contribution in [3.63, 3.8) is 0 Å². The van der Waals surface area contributed by atoms with Gasteiger partial charge >= 0.3 is 0 Å². The summed E-state index contributed by atoms with van der Waals surface area (Å²) in [4.78, 5) is 2.38. The topological polar surface area (TPSA) is 29.3 Å². The van der Waals surface area contributed by atoms with Crippen LogP contribution in [0.1, 0.15) is 44.4 Å². The molecule has 0 heterocycles. The predicted molar refractivity (Wildman–Crippen MR) is 75.1 cm³/mol. The van der Waals surface area contributed by atoms with E-state index in [9.17, 15) is 4.39 Å². The van der Waals surface area contributed by atoms with Gasteiger partial charge in [-0.2, -0.15) is 0 Å². The SMILES string of the molecule is CCC(C)N(CC)C(CN)c1ccc(F)c(C)c1. The van der Waals surface area contributed by atoms with Crippen LogP contribution in [0, 0.1) is 12.7 Å². The number of hydrogen-bond donors (Lipinski definition) is 1. The Bertz CT molecular complexity index is 379. The van der Waals surface area contributed by atoms with Crippen LogP contribution in [0.4, 0.5) is 4.39 Å². The first-order chi connectivity index (χ1) is 8.54. The Morgan fingerprint density at radius 3 is 2.44 bits per heavy atom. The zero-order valence-corrected chi connectivity index (χ0v) is 11.9. The van der Waals surface area contributed by atoms with E-state index in [1.807, 2.05) is 12.1 Å². The molecule has 0 saturated carbocycles. The third-order valence-corrected chi connectivity index (χ3v) is 3.71. The van der Waals surface area contributed by atoms with Gasteiger partial charge in [-0.15, -0.1) is 0 Å². The van der Waals surface area contributed by atoms with Crippen molar-refractivity contribution in [2.24, 2.45) is 5.73 Å². The number of nitrogens with zero attached hydrogens (tertiary/aromatic N) is 1. The van der Waals surface area contributed by atoms with E-state index in [4.69, 9.17) is 5.73 Å². The van der Waals surface area contributed by atoms with Gasteiger partial charge in [-0.3, -0.25) is 4.90 Å². The Kier molecular flexibility index (Phi) is 5.76. The Morgan fingerprint density at radius 2 is 2.00 bits per heavy atom. The lowest BCUT2D eigenvalue weighted by atomic mass is 10.0. The van der Waals surface area contributed by atoms with E-state index < -0.39 is 0 Å². The van der Waals surface area contributed by atoms with Crippen molar-refractivity contribution in [3.05, 3.63) is 35.1 Å². The summed E-state index contributed by atoms with van der Waals surface area (Å²) in [7, 11) is 0. The maximum atomic E-state index is 13.3. The van der Waals surface area contributed by atoms with Crippen LogP contribution in [-0.4, -0.2) is 24.0 Å². The van der Waals surface area contributed by atoms with Crippen LogP contribution in [-0.2, 0) is 0 Å². The third-order valence-electron chi connectivity index (χ3n) is 3.71. The van der Waals surface area contributed by atoms with Gasteiger partial charge in [-0.25, -0.2) is 4.39 Å². The minimum atomic E-state index is -0.152. The molecule has 0 bridgehead atoms. The number of hydrogen-bond acceptors (Lipinski definition) is 2. The summed E-state index contributed by atoms with van der Waals surface area (Å²) >= 11 is 0. The third kappa shape index (κ3) is 3.30. The van der Waals surface area contributed by atoms with Crippen LogP contribution >= 0.6 is 0 Å². The van der Waals surface area contributed by atoms with Crippen molar-refractivity contribution in [1.29, 1.82) is 0 Å². The number of likely N-dealkylation sites (N-methyl/N-ethyl adjacent to an activating group) is 1. The number of rotatable bonds is 6. The maximum Gasteiger partial charge on any atom is 0.126 e. The first kappa shape index (κ1) is 15.1. The Morgan fingerprint density at radius 1 is 1.33 bits per heavy atom. The molecule has 2 unspecified atom stereocenters. The summed E-state index contributed by atoms with van der Waals surface area (Å²) in [6.07, 6.45) is 1.09. The van der Waals surface area contributed by atoms with Gasteiger partial charge in [0.1, 0.15) is 5.82 Å². The molecule has 2 nitrogen and oxygen atoms in total. The van der Waals surface area contributed by atoms with Crippen LogP contribution in [0.3, 0.4) is 0 Å². The minimum absolute atomic E-state index is 0.152. The number of aryl methyl sites for hydroxylation is 1. The molecule has 0 amide bonds. The smallest absolute Gasteiger partial charge is 0.126 e. The lowest BCUT2D eigenvalue weighted by Gasteiger charge is -2.35. The summed E-state index contributed by atoms with van der Waals surface area (Å²) in [6.45, 7) is 9.84. The van der Waals surface area contributed by atoms with Crippen molar-refractivity contribution >= 4 is 0 Å². The van der Waals surface area contributed by atoms with Crippen LogP contribution < -0.4 is 5.73 Å². The van der Waals surface area contributed by atoms with E-state index in [1.165, 1.54) is 6.07 Å². The molecule has 18 heavy (non-hydrogen) atoms. The van der Waals surface area contributed by atoms with Gasteiger partial charge in [0.25, 0.3) is 0 Å². The summed E-state index contributed by atoms with van der Waals surface area (Å²) in [5.74, 6) is -0.152. The number of nitrogens with two attached hydrogens (primary N) is 1. The van der Waals surface area contributed by atoms with Crippen LogP contribution in [0.5, 0.6) is 0 Å². The molecule has 0 aliphatic heterocycles. The molecule has 102 valence electrons. The highest BCUT2D eigenvalue weighted by atomic mass is 19.1. The van der Waals surface area contributed by atoms with E-state index in [0.717, 1.165) is 18.5 Å². The normalized spacial score (nSPS) is 14.8. The lowest BCUT2D eigenvalue weighted by Crippen LogP contribution is -2.39. The molecule has 1 aromatic rings. The molecule has 2 atom stereocenters. The summed E-state index contributed by atoms with van der Waals surface area (Å²) in [6, 6.07) is 5.96. The molecular formula is C15H25FN2. The zero-order chi connectivity index (χ0) is 13.7. The van der Waals surface area contributed by atoms with Gasteiger partial charge in [0.05, 0.1) is 0 Å². The largest absolute Gasteiger partial charge is 0.329 e. The molecule has 0 spiro atoms. The van der Waals surface area contributed by atoms with Gasteiger partial charge in [-0.05, 0) is 44.0 Å². The lowest BCUT2D eigenvalue weighted by molar-refractivity contribution is 0.152. The maximum absolute atomic E-state index is 13.3. The Hall–Kier alpha value is -0.930. The summed E-state index contributed by atoms with van der Waals surface area (Å²) in [5.41, 5.74) is 7.72. The monoisotopic (exact) mass is 252 g/mol. The van der Waals surface area contributed by atoms with Crippen LogP contribution in [0.15, 0.2) is 18.2 Å². The van der Waals surface area contributed by atoms with Crippen molar-refractivity contribution in [3.8, 4) is 0 Å². The van der Waals surface area contributed by atoms with Crippen LogP contribution in [0.2, 0.25) is 0 Å². The van der Waals surface area contributed by atoms with Crippen molar-refractivity contribution in [1.82, 2.24) is 4.90 Å². The minimum Gasteiger partial charge on any atom is -0.329 e. The first-order valence-electron chi connectivity index (χ1n) is 6.76. The fourth-order valence-electron chi connectivity index (χ4n) is 2.41. The zero-order valence-electron chi connectivity index (χ0n) is 11.9. The van der Waals surface area contributed by atoms with E-state index in [0.29, 0.717) is 18.2 Å². The van der Waals surface area contributed by atoms with E-state index in [-0.39, 0.29) is 11.9 Å². The molecule has 0 aliphatic rings. The molecule has 0 radical (unpaired) electrons. The molecule has 0 saturated heterocycles.